The van der Waals surface area contributed by atoms with Crippen LogP contribution < -0.4 is 4.90 Å². The van der Waals surface area contributed by atoms with Gasteiger partial charge >= 0.3 is 0 Å². The summed E-state index contributed by atoms with van der Waals surface area (Å²) in [5.74, 6) is 1.42. The summed E-state index contributed by atoms with van der Waals surface area (Å²) < 4.78 is 1.82. The van der Waals surface area contributed by atoms with Gasteiger partial charge < -0.3 is 0 Å². The van der Waals surface area contributed by atoms with Crippen LogP contribution in [-0.4, -0.2) is 25.7 Å². The number of carbonyl (C=O) groups is 1. The van der Waals surface area contributed by atoms with Crippen molar-refractivity contribution in [2.75, 3.05) is 4.90 Å². The minimum atomic E-state index is -0.590. The van der Waals surface area contributed by atoms with Crippen molar-refractivity contribution in [1.82, 2.24) is 19.7 Å². The van der Waals surface area contributed by atoms with E-state index in [2.05, 4.69) is 15.1 Å². The van der Waals surface area contributed by atoms with Gasteiger partial charge in [-0.25, -0.2) is 9.97 Å². The van der Waals surface area contributed by atoms with Crippen molar-refractivity contribution < 1.29 is 4.79 Å². The van der Waals surface area contributed by atoms with E-state index in [1.54, 1.807) is 4.90 Å². The second-order valence-electron chi connectivity index (χ2n) is 7.05. The highest BCUT2D eigenvalue weighted by Crippen LogP contribution is 2.46. The first-order valence-corrected chi connectivity index (χ1v) is 8.73. The van der Waals surface area contributed by atoms with Crippen molar-refractivity contribution in [3.63, 3.8) is 0 Å². The van der Waals surface area contributed by atoms with E-state index in [4.69, 9.17) is 0 Å². The number of amides is 1. The number of anilines is 2. The second-order valence-corrected chi connectivity index (χ2v) is 7.05. The standard InChI is InChI=1S/C20H21N5O/c1-5-24-9-8-18(23-24)25-17-10-14(15-11-21-13(2)22-12-15)6-7-16(17)20(3,4)19(25)26/h6-12H,5H2,1-4H3. The van der Waals surface area contributed by atoms with E-state index in [-0.39, 0.29) is 5.91 Å². The summed E-state index contributed by atoms with van der Waals surface area (Å²) in [5, 5.41) is 4.54. The predicted octanol–water partition coefficient (Wildman–Crippen LogP) is 3.62. The molecule has 6 nitrogen and oxygen atoms in total. The van der Waals surface area contributed by atoms with Crippen LogP contribution in [0.1, 0.15) is 32.2 Å². The monoisotopic (exact) mass is 347 g/mol. The van der Waals surface area contributed by atoms with Gasteiger partial charge in [-0.05, 0) is 44.9 Å². The van der Waals surface area contributed by atoms with Gasteiger partial charge in [0.15, 0.2) is 5.82 Å². The van der Waals surface area contributed by atoms with Crippen LogP contribution in [0.4, 0.5) is 11.5 Å². The highest BCUT2D eigenvalue weighted by Gasteiger charge is 2.45. The number of aromatic nitrogens is 4. The van der Waals surface area contributed by atoms with Crippen molar-refractivity contribution in [1.29, 1.82) is 0 Å². The Bertz CT molecular complexity index is 988. The molecule has 2 aromatic heterocycles. The van der Waals surface area contributed by atoms with Gasteiger partial charge in [-0.2, -0.15) is 5.10 Å². The van der Waals surface area contributed by atoms with E-state index in [0.29, 0.717) is 5.82 Å². The van der Waals surface area contributed by atoms with Crippen molar-refractivity contribution in [2.24, 2.45) is 0 Å². The largest absolute Gasteiger partial charge is 0.273 e. The van der Waals surface area contributed by atoms with Crippen LogP contribution in [0, 0.1) is 6.92 Å². The first kappa shape index (κ1) is 16.4. The molecule has 1 aromatic carbocycles. The topological polar surface area (TPSA) is 63.9 Å². The van der Waals surface area contributed by atoms with Gasteiger partial charge in [0.05, 0.1) is 11.1 Å². The van der Waals surface area contributed by atoms with Crippen LogP contribution >= 0.6 is 0 Å². The molecule has 0 fully saturated rings. The lowest BCUT2D eigenvalue weighted by molar-refractivity contribution is -0.121. The number of hydrogen-bond donors (Lipinski definition) is 0. The fourth-order valence-corrected chi connectivity index (χ4v) is 3.34. The van der Waals surface area contributed by atoms with E-state index >= 15 is 0 Å². The Balaban J connectivity index is 1.86. The molecule has 0 unspecified atom stereocenters. The number of aryl methyl sites for hydroxylation is 2. The molecule has 1 aliphatic heterocycles. The maximum Gasteiger partial charge on any atom is 0.242 e. The van der Waals surface area contributed by atoms with E-state index in [0.717, 1.165) is 34.7 Å². The van der Waals surface area contributed by atoms with Gasteiger partial charge in [0, 0.05) is 36.8 Å². The first-order chi connectivity index (χ1) is 12.4. The van der Waals surface area contributed by atoms with Crippen LogP contribution in [0.2, 0.25) is 0 Å². The van der Waals surface area contributed by atoms with Crippen molar-refractivity contribution in [3.05, 3.63) is 54.2 Å². The fraction of sp³-hybridized carbons (Fsp3) is 0.300. The lowest BCUT2D eigenvalue weighted by atomic mass is 9.85. The number of hydrogen-bond acceptors (Lipinski definition) is 4. The molecular formula is C20H21N5O. The number of nitrogens with zero attached hydrogens (tertiary/aromatic N) is 5. The molecule has 0 atom stereocenters. The summed E-state index contributed by atoms with van der Waals surface area (Å²) in [7, 11) is 0. The molecule has 0 radical (unpaired) electrons. The summed E-state index contributed by atoms with van der Waals surface area (Å²) >= 11 is 0. The van der Waals surface area contributed by atoms with E-state index in [1.165, 1.54) is 0 Å². The van der Waals surface area contributed by atoms with Crippen LogP contribution in [0.3, 0.4) is 0 Å². The highest BCUT2D eigenvalue weighted by atomic mass is 16.2. The van der Waals surface area contributed by atoms with Crippen LogP contribution in [-0.2, 0) is 16.8 Å². The second kappa shape index (κ2) is 5.76. The minimum Gasteiger partial charge on any atom is -0.273 e. The fourth-order valence-electron chi connectivity index (χ4n) is 3.34. The molecule has 0 N–H and O–H groups in total. The van der Waals surface area contributed by atoms with E-state index in [1.807, 2.05) is 75.2 Å². The number of benzene rings is 1. The summed E-state index contributed by atoms with van der Waals surface area (Å²) in [4.78, 5) is 23.4. The smallest absolute Gasteiger partial charge is 0.242 e. The maximum absolute atomic E-state index is 13.1. The predicted molar refractivity (Wildman–Crippen MR) is 100 cm³/mol. The number of carbonyl (C=O) groups excluding carboxylic acids is 1. The van der Waals surface area contributed by atoms with Gasteiger partial charge in [-0.3, -0.25) is 14.4 Å². The number of fused-ring (bicyclic) bond motifs is 1. The maximum atomic E-state index is 13.1. The Kier molecular flexibility index (Phi) is 3.64. The molecule has 6 heteroatoms. The zero-order valence-electron chi connectivity index (χ0n) is 15.4. The van der Waals surface area contributed by atoms with Crippen LogP contribution in [0.25, 0.3) is 11.1 Å². The van der Waals surface area contributed by atoms with Crippen LogP contribution in [0.5, 0.6) is 0 Å². The van der Waals surface area contributed by atoms with E-state index < -0.39 is 5.41 Å². The number of rotatable bonds is 3. The molecule has 3 aromatic rings. The zero-order chi connectivity index (χ0) is 18.5. The van der Waals surface area contributed by atoms with Gasteiger partial charge in [-0.15, -0.1) is 0 Å². The summed E-state index contributed by atoms with van der Waals surface area (Å²) in [6.45, 7) is 8.56. The Morgan fingerprint density at radius 3 is 2.46 bits per heavy atom. The van der Waals surface area contributed by atoms with E-state index in [9.17, 15) is 4.79 Å². The molecular weight excluding hydrogens is 326 g/mol. The quantitative estimate of drug-likeness (QED) is 0.726. The first-order valence-electron chi connectivity index (χ1n) is 8.73. The lowest BCUT2D eigenvalue weighted by Crippen LogP contribution is -2.33. The molecule has 0 spiro atoms. The third-order valence-corrected chi connectivity index (χ3v) is 4.94. The molecule has 26 heavy (non-hydrogen) atoms. The molecule has 4 rings (SSSR count). The zero-order valence-corrected chi connectivity index (χ0v) is 15.4. The normalized spacial score (nSPS) is 15.4. The van der Waals surface area contributed by atoms with Gasteiger partial charge in [-0.1, -0.05) is 12.1 Å². The highest BCUT2D eigenvalue weighted by molar-refractivity contribution is 6.12. The molecule has 1 aliphatic rings. The minimum absolute atomic E-state index is 0.0335. The average molecular weight is 347 g/mol. The SMILES string of the molecule is CCn1ccc(N2C(=O)C(C)(C)c3ccc(-c4cnc(C)nc4)cc32)n1. The van der Waals surface area contributed by atoms with Crippen molar-refractivity contribution in [2.45, 2.75) is 39.7 Å². The summed E-state index contributed by atoms with van der Waals surface area (Å²) in [6.07, 6.45) is 5.51. The molecule has 132 valence electrons. The lowest BCUT2D eigenvalue weighted by Gasteiger charge is -2.18. The van der Waals surface area contributed by atoms with Crippen molar-refractivity contribution >= 4 is 17.4 Å². The Morgan fingerprint density at radius 1 is 1.08 bits per heavy atom. The average Bonchev–Trinajstić information content (AvgIpc) is 3.17. The molecule has 0 bridgehead atoms. The molecule has 0 saturated carbocycles. The Hall–Kier alpha value is -3.02. The molecule has 3 heterocycles. The van der Waals surface area contributed by atoms with Gasteiger partial charge in [0.1, 0.15) is 5.82 Å². The summed E-state index contributed by atoms with van der Waals surface area (Å²) in [5.41, 5.74) is 3.20. The third-order valence-electron chi connectivity index (χ3n) is 4.94. The Labute approximate surface area is 152 Å². The molecule has 0 saturated heterocycles. The van der Waals surface area contributed by atoms with Gasteiger partial charge in [0.25, 0.3) is 0 Å². The van der Waals surface area contributed by atoms with Crippen molar-refractivity contribution in [3.8, 4) is 11.1 Å². The van der Waals surface area contributed by atoms with Gasteiger partial charge in [0.2, 0.25) is 5.91 Å². The molecule has 1 amide bonds. The third kappa shape index (κ3) is 2.41. The Morgan fingerprint density at radius 2 is 1.81 bits per heavy atom. The van der Waals surface area contributed by atoms with Crippen LogP contribution in [0.15, 0.2) is 42.9 Å². The molecule has 0 aliphatic carbocycles. The summed E-state index contributed by atoms with van der Waals surface area (Å²) in [6, 6.07) is 7.96.